The van der Waals surface area contributed by atoms with E-state index >= 15 is 0 Å². The Bertz CT molecular complexity index is 3160. The van der Waals surface area contributed by atoms with Gasteiger partial charge in [0.1, 0.15) is 32.4 Å². The van der Waals surface area contributed by atoms with E-state index in [-0.39, 0.29) is 5.36 Å². The van der Waals surface area contributed by atoms with E-state index in [2.05, 4.69) is 89.9 Å². The van der Waals surface area contributed by atoms with Crippen LogP contribution in [0.2, 0.25) is 0 Å². The zero-order valence-corrected chi connectivity index (χ0v) is 30.1. The molecule has 0 N–H and O–H groups in total. The zero-order valence-electron chi connectivity index (χ0n) is 27.6. The molecule has 0 aliphatic heterocycles. The predicted octanol–water partition coefficient (Wildman–Crippen LogP) is 9.80. The summed E-state index contributed by atoms with van der Waals surface area (Å²) in [6.07, 6.45) is 0. The third kappa shape index (κ3) is 4.81. The molecule has 0 aliphatic rings. The summed E-state index contributed by atoms with van der Waals surface area (Å²) < 4.78 is 18.9. The molecule has 0 saturated heterocycles. The lowest BCUT2D eigenvalue weighted by Gasteiger charge is -2.24. The molecule has 7 aromatic carbocycles. The Morgan fingerprint density at radius 3 is 1.81 bits per heavy atom. The molecule has 0 radical (unpaired) electrons. The average molecular weight is 729 g/mol. The molecule has 0 aliphatic carbocycles. The van der Waals surface area contributed by atoms with Crippen molar-refractivity contribution in [3.05, 3.63) is 146 Å². The first kappa shape index (κ1) is 30.8. The summed E-state index contributed by atoms with van der Waals surface area (Å²) in [6.45, 7) is 4.19. The number of benzene rings is 6. The van der Waals surface area contributed by atoms with Crippen LogP contribution in [0.15, 0.2) is 124 Å². The second-order valence-electron chi connectivity index (χ2n) is 12.8. The van der Waals surface area contributed by atoms with Crippen LogP contribution in [0.1, 0.15) is 11.1 Å². The van der Waals surface area contributed by atoms with Gasteiger partial charge in [-0.15, -0.1) is 11.3 Å². The van der Waals surface area contributed by atoms with Crippen LogP contribution < -0.4 is 21.1 Å². The monoisotopic (exact) mass is 728 g/mol. The molecule has 3 heterocycles. The number of anilines is 3. The number of thiophene rings is 1. The summed E-state index contributed by atoms with van der Waals surface area (Å²) >= 11 is 3.92. The molecule has 0 amide bonds. The molecule has 10 aromatic rings. The highest BCUT2D eigenvalue weighted by molar-refractivity contribution is 7.19. The average Bonchev–Trinajstić information content (AvgIpc) is 3.99. The Kier molecular flexibility index (Phi) is 6.97. The molecule has 8 nitrogen and oxygen atoms in total. The minimum Gasteiger partial charge on any atom is -0.302 e. The lowest BCUT2D eigenvalue weighted by Crippen LogP contribution is -2.30. The predicted molar refractivity (Wildman–Crippen MR) is 215 cm³/mol. The van der Waals surface area contributed by atoms with E-state index in [9.17, 15) is 9.59 Å². The van der Waals surface area contributed by atoms with E-state index in [4.69, 9.17) is 18.1 Å². The van der Waals surface area contributed by atoms with Crippen LogP contribution in [0.3, 0.4) is 0 Å². The molecule has 0 atom stereocenters. The van der Waals surface area contributed by atoms with Crippen molar-refractivity contribution in [2.24, 2.45) is 4.99 Å². The molecule has 248 valence electrons. The summed E-state index contributed by atoms with van der Waals surface area (Å²) in [5.74, 6) is 0. The van der Waals surface area contributed by atoms with Crippen LogP contribution in [0.5, 0.6) is 0 Å². The lowest BCUT2D eigenvalue weighted by molar-refractivity contribution is 1.29. The van der Waals surface area contributed by atoms with Crippen LogP contribution in [-0.4, -0.2) is 17.5 Å². The Labute approximate surface area is 307 Å². The normalized spacial score (nSPS) is 12.3. The minimum atomic E-state index is -0.628. The molecule has 3 aromatic heterocycles. The number of aryl methyl sites for hydroxylation is 2. The van der Waals surface area contributed by atoms with E-state index in [1.165, 1.54) is 11.1 Å². The molecule has 0 saturated carbocycles. The summed E-state index contributed by atoms with van der Waals surface area (Å²) in [5.41, 5.74) is 7.49. The topological polar surface area (TPSA) is 101 Å². The van der Waals surface area contributed by atoms with E-state index < -0.39 is 10.9 Å². The first-order valence-corrected chi connectivity index (χ1v) is 18.8. The van der Waals surface area contributed by atoms with Crippen molar-refractivity contribution in [1.82, 2.24) is 17.5 Å². The minimum absolute atomic E-state index is 0.112. The molecule has 0 bridgehead atoms. The molecular formula is C41H24N6O2S3. The highest BCUT2D eigenvalue weighted by Gasteiger charge is 2.22. The van der Waals surface area contributed by atoms with Crippen molar-refractivity contribution in [1.29, 1.82) is 0 Å². The maximum absolute atomic E-state index is 13.4. The number of fused-ring (bicyclic) bond motifs is 7. The Morgan fingerprint density at radius 2 is 1.13 bits per heavy atom. The van der Waals surface area contributed by atoms with Crippen molar-refractivity contribution < 1.29 is 0 Å². The van der Waals surface area contributed by atoms with Gasteiger partial charge < -0.3 is 4.90 Å². The second-order valence-corrected chi connectivity index (χ2v) is 15.0. The van der Waals surface area contributed by atoms with Crippen molar-refractivity contribution in [2.45, 2.75) is 13.8 Å². The van der Waals surface area contributed by atoms with Crippen LogP contribution in [0.4, 0.5) is 22.1 Å². The lowest BCUT2D eigenvalue weighted by atomic mass is 10.0. The molecular weight excluding hydrogens is 705 g/mol. The first-order chi connectivity index (χ1) is 25.4. The van der Waals surface area contributed by atoms with E-state index in [0.29, 0.717) is 27.5 Å². The number of hydrogen-bond acceptors (Lipinski definition) is 11. The van der Waals surface area contributed by atoms with Gasteiger partial charge in [0.05, 0.1) is 29.1 Å². The van der Waals surface area contributed by atoms with Crippen LogP contribution >= 0.6 is 34.8 Å². The highest BCUT2D eigenvalue weighted by atomic mass is 32.1. The fourth-order valence-electron chi connectivity index (χ4n) is 6.91. The fourth-order valence-corrected chi connectivity index (χ4v) is 9.11. The summed E-state index contributed by atoms with van der Waals surface area (Å²) in [6, 6.07) is 36.8. The Morgan fingerprint density at radius 1 is 0.558 bits per heavy atom. The van der Waals surface area contributed by atoms with Gasteiger partial charge in [0.15, 0.2) is 0 Å². The SMILES string of the molecule is Cc1ccc(N(c2ccc(C)cc2)c2ccc(-c3cc4c(cc(N=c5c(=O)c(=O)c6cc7ccccc7cc56)c5nsnc54)c4nsnc34)s2)cc1. The zero-order chi connectivity index (χ0) is 35.1. The first-order valence-electron chi connectivity index (χ1n) is 16.5. The van der Waals surface area contributed by atoms with Gasteiger partial charge in [-0.3, -0.25) is 9.59 Å². The standard InChI is InChI=1S/C41H24N6O2S3/c1-21-7-11-25(12-8-21)47(26-13-9-22(2)10-14-26)34-16-15-33(50-34)31-19-28-29(35-37(31)45-51-43-35)20-32(39-36(28)44-52-46-39)42-38-27-17-23-5-3-4-6-24(23)18-30(27)40(48)41(38)49/h3-20H,1-2H3. The smallest absolute Gasteiger partial charge is 0.252 e. The summed E-state index contributed by atoms with van der Waals surface area (Å²) in [4.78, 5) is 34.7. The second kappa shape index (κ2) is 11.8. The molecule has 52 heavy (non-hydrogen) atoms. The van der Waals surface area contributed by atoms with Crippen LogP contribution in [-0.2, 0) is 0 Å². The number of rotatable bonds is 5. The largest absolute Gasteiger partial charge is 0.302 e. The quantitative estimate of drug-likeness (QED) is 0.163. The Hall–Kier alpha value is -6.01. The van der Waals surface area contributed by atoms with Gasteiger partial charge in [-0.1, -0.05) is 59.7 Å². The number of aromatic nitrogens is 4. The van der Waals surface area contributed by atoms with Gasteiger partial charge in [-0.05, 0) is 85.3 Å². The fraction of sp³-hybridized carbons (Fsp3) is 0.0488. The van der Waals surface area contributed by atoms with E-state index in [0.717, 1.165) is 82.9 Å². The Balaban J connectivity index is 1.16. The van der Waals surface area contributed by atoms with Gasteiger partial charge in [0, 0.05) is 43.4 Å². The van der Waals surface area contributed by atoms with Crippen LogP contribution in [0.25, 0.3) is 64.8 Å². The molecule has 0 fully saturated rings. The van der Waals surface area contributed by atoms with E-state index in [1.54, 1.807) is 17.4 Å². The van der Waals surface area contributed by atoms with Crippen molar-refractivity contribution in [3.63, 3.8) is 0 Å². The molecule has 11 heteroatoms. The van der Waals surface area contributed by atoms with Gasteiger partial charge in [0.25, 0.3) is 5.43 Å². The summed E-state index contributed by atoms with van der Waals surface area (Å²) in [7, 11) is 0. The van der Waals surface area contributed by atoms with Gasteiger partial charge >= 0.3 is 0 Å². The van der Waals surface area contributed by atoms with E-state index in [1.807, 2.05) is 36.4 Å². The third-order valence-corrected chi connectivity index (χ3v) is 11.7. The van der Waals surface area contributed by atoms with Gasteiger partial charge in [-0.25, -0.2) is 4.99 Å². The van der Waals surface area contributed by atoms with Gasteiger partial charge in [0.2, 0.25) is 5.43 Å². The third-order valence-electron chi connectivity index (χ3n) is 9.55. The number of hydrogen-bond donors (Lipinski definition) is 0. The van der Waals surface area contributed by atoms with Crippen molar-refractivity contribution >= 4 is 111 Å². The van der Waals surface area contributed by atoms with Crippen molar-refractivity contribution in [3.8, 4) is 10.4 Å². The molecule has 0 unspecified atom stereocenters. The molecule has 10 rings (SSSR count). The van der Waals surface area contributed by atoms with Gasteiger partial charge in [-0.2, -0.15) is 17.5 Å². The number of nitrogens with zero attached hydrogens (tertiary/aromatic N) is 6. The van der Waals surface area contributed by atoms with Crippen LogP contribution in [0, 0.1) is 13.8 Å². The van der Waals surface area contributed by atoms with Crippen molar-refractivity contribution in [2.75, 3.05) is 4.90 Å². The summed E-state index contributed by atoms with van der Waals surface area (Å²) in [5, 5.41) is 5.56. The highest BCUT2D eigenvalue weighted by Crippen LogP contribution is 2.45. The maximum Gasteiger partial charge on any atom is 0.252 e. The maximum atomic E-state index is 13.4. The molecule has 0 spiro atoms.